The monoisotopic (exact) mass is 231 g/mol. The number of hydrogen-bond acceptors (Lipinski definition) is 4. The highest BCUT2D eigenvalue weighted by Crippen LogP contribution is 2.16. The molecule has 3 rings (SSSR count). The zero-order valence-electron chi connectivity index (χ0n) is 8.08. The van der Waals surface area contributed by atoms with Crippen molar-refractivity contribution in [1.82, 2.24) is 24.6 Å². The van der Waals surface area contributed by atoms with E-state index in [1.165, 1.54) is 0 Å². The molecule has 78 valence electrons. The molecule has 0 aliphatic rings. The van der Waals surface area contributed by atoms with Gasteiger partial charge in [-0.05, 0) is 12.1 Å². The second-order valence-corrected chi connectivity index (χ2v) is 3.57. The van der Waals surface area contributed by atoms with Crippen LogP contribution in [0, 0.1) is 0 Å². The van der Waals surface area contributed by atoms with Gasteiger partial charge < -0.3 is 0 Å². The minimum absolute atomic E-state index is 0.396. The molecule has 0 bridgehead atoms. The Kier molecular flexibility index (Phi) is 2.04. The highest BCUT2D eigenvalue weighted by molar-refractivity contribution is 6.29. The van der Waals surface area contributed by atoms with Gasteiger partial charge in [-0.15, -0.1) is 10.2 Å². The number of fused-ring (bicyclic) bond motifs is 1. The van der Waals surface area contributed by atoms with Gasteiger partial charge in [0.25, 0.3) is 0 Å². The van der Waals surface area contributed by atoms with E-state index < -0.39 is 0 Å². The summed E-state index contributed by atoms with van der Waals surface area (Å²) in [7, 11) is 0. The van der Waals surface area contributed by atoms with Gasteiger partial charge in [-0.2, -0.15) is 0 Å². The fourth-order valence-corrected chi connectivity index (χ4v) is 1.58. The number of hydrogen-bond donors (Lipinski definition) is 0. The second-order valence-electron chi connectivity index (χ2n) is 3.18. The van der Waals surface area contributed by atoms with Crippen molar-refractivity contribution in [3.63, 3.8) is 0 Å². The molecule has 0 aliphatic carbocycles. The Morgan fingerprint density at radius 3 is 2.88 bits per heavy atom. The van der Waals surface area contributed by atoms with E-state index in [0.29, 0.717) is 16.6 Å². The Bertz CT molecular complexity index is 634. The summed E-state index contributed by atoms with van der Waals surface area (Å²) in [4.78, 5) is 8.20. The zero-order chi connectivity index (χ0) is 11.0. The molecule has 3 aromatic heterocycles. The van der Waals surface area contributed by atoms with E-state index in [4.69, 9.17) is 11.6 Å². The molecule has 0 amide bonds. The number of nitrogens with zero attached hydrogens (tertiary/aromatic N) is 5. The third-order valence-electron chi connectivity index (χ3n) is 2.16. The minimum atomic E-state index is 0.396. The summed E-state index contributed by atoms with van der Waals surface area (Å²) in [5.41, 5.74) is 1.40. The molecule has 0 aromatic carbocycles. The average Bonchev–Trinajstić information content (AvgIpc) is 2.73. The fraction of sp³-hybridized carbons (Fsp3) is 0. The van der Waals surface area contributed by atoms with Crippen LogP contribution in [-0.2, 0) is 0 Å². The predicted octanol–water partition coefficient (Wildman–Crippen LogP) is 1.84. The zero-order valence-corrected chi connectivity index (χ0v) is 8.83. The summed E-state index contributed by atoms with van der Waals surface area (Å²) in [6.45, 7) is 0. The van der Waals surface area contributed by atoms with Crippen molar-refractivity contribution in [1.29, 1.82) is 0 Å². The average molecular weight is 232 g/mol. The molecule has 0 N–H and O–H groups in total. The van der Waals surface area contributed by atoms with E-state index in [0.717, 1.165) is 5.69 Å². The normalized spacial score (nSPS) is 10.8. The first-order valence-electron chi connectivity index (χ1n) is 4.62. The molecule has 6 heteroatoms. The number of aromatic nitrogens is 5. The molecule has 3 aromatic rings. The third kappa shape index (κ3) is 1.42. The molecule has 0 fully saturated rings. The highest BCUT2D eigenvalue weighted by Gasteiger charge is 2.08. The lowest BCUT2D eigenvalue weighted by Crippen LogP contribution is -1.92. The van der Waals surface area contributed by atoms with Gasteiger partial charge in [0.2, 0.25) is 0 Å². The van der Waals surface area contributed by atoms with Crippen LogP contribution >= 0.6 is 11.6 Å². The third-order valence-corrected chi connectivity index (χ3v) is 2.37. The van der Waals surface area contributed by atoms with Gasteiger partial charge in [0.1, 0.15) is 17.2 Å². The van der Waals surface area contributed by atoms with Gasteiger partial charge in [0, 0.05) is 12.3 Å². The quantitative estimate of drug-likeness (QED) is 0.600. The van der Waals surface area contributed by atoms with Gasteiger partial charge in [-0.25, -0.2) is 4.98 Å². The van der Waals surface area contributed by atoms with Crippen molar-refractivity contribution in [3.8, 4) is 11.5 Å². The molecule has 0 atom stereocenters. The smallest absolute Gasteiger partial charge is 0.188 e. The molecule has 5 nitrogen and oxygen atoms in total. The number of pyridine rings is 1. The first kappa shape index (κ1) is 9.23. The number of rotatable bonds is 1. The topological polar surface area (TPSA) is 56.0 Å². The molecule has 0 saturated carbocycles. The molecule has 0 saturated heterocycles. The molecule has 16 heavy (non-hydrogen) atoms. The van der Waals surface area contributed by atoms with Gasteiger partial charge in [-0.3, -0.25) is 9.38 Å². The maximum Gasteiger partial charge on any atom is 0.188 e. The lowest BCUT2D eigenvalue weighted by Gasteiger charge is -1.97. The SMILES string of the molecule is Clc1cc2nnc(-c3ccccn3)n2cn1. The van der Waals surface area contributed by atoms with Gasteiger partial charge in [0.15, 0.2) is 11.5 Å². The van der Waals surface area contributed by atoms with Crippen LogP contribution in [-0.4, -0.2) is 24.6 Å². The van der Waals surface area contributed by atoms with Gasteiger partial charge >= 0.3 is 0 Å². The van der Waals surface area contributed by atoms with E-state index in [1.54, 1.807) is 23.0 Å². The lowest BCUT2D eigenvalue weighted by molar-refractivity contribution is 1.06. The predicted molar refractivity (Wildman–Crippen MR) is 59.0 cm³/mol. The van der Waals surface area contributed by atoms with Crippen LogP contribution in [0.2, 0.25) is 5.15 Å². The van der Waals surface area contributed by atoms with Crippen molar-refractivity contribution in [2.24, 2.45) is 0 Å². The van der Waals surface area contributed by atoms with Crippen molar-refractivity contribution in [2.75, 3.05) is 0 Å². The van der Waals surface area contributed by atoms with Gasteiger partial charge in [-0.1, -0.05) is 17.7 Å². The van der Waals surface area contributed by atoms with Crippen LogP contribution in [0.15, 0.2) is 36.8 Å². The van der Waals surface area contributed by atoms with Crippen LogP contribution in [0.4, 0.5) is 0 Å². The van der Waals surface area contributed by atoms with Gasteiger partial charge in [0.05, 0.1) is 0 Å². The molecule has 3 heterocycles. The van der Waals surface area contributed by atoms with E-state index >= 15 is 0 Å². The van der Waals surface area contributed by atoms with Crippen molar-refractivity contribution in [3.05, 3.63) is 41.9 Å². The first-order chi connectivity index (χ1) is 7.84. The first-order valence-corrected chi connectivity index (χ1v) is 5.00. The molecule has 0 aliphatic heterocycles. The lowest BCUT2D eigenvalue weighted by atomic mass is 10.3. The second kappa shape index (κ2) is 3.53. The Hall–Kier alpha value is -2.01. The maximum atomic E-state index is 5.77. The minimum Gasteiger partial charge on any atom is -0.264 e. The van der Waals surface area contributed by atoms with Crippen LogP contribution < -0.4 is 0 Å². The Morgan fingerprint density at radius 1 is 1.12 bits per heavy atom. The standard InChI is InChI=1S/C10H6ClN5/c11-8-5-9-14-15-10(16(9)6-13-8)7-3-1-2-4-12-7/h1-6H. The van der Waals surface area contributed by atoms with E-state index in [-0.39, 0.29) is 0 Å². The maximum absolute atomic E-state index is 5.77. The summed E-state index contributed by atoms with van der Waals surface area (Å²) in [6, 6.07) is 7.26. The summed E-state index contributed by atoms with van der Waals surface area (Å²) in [5.74, 6) is 0.653. The Morgan fingerprint density at radius 2 is 2.06 bits per heavy atom. The van der Waals surface area contributed by atoms with E-state index in [9.17, 15) is 0 Å². The Labute approximate surface area is 95.8 Å². The largest absolute Gasteiger partial charge is 0.264 e. The van der Waals surface area contributed by atoms with Crippen LogP contribution in [0.1, 0.15) is 0 Å². The molecule has 0 radical (unpaired) electrons. The number of halogens is 1. The van der Waals surface area contributed by atoms with Crippen LogP contribution in [0.5, 0.6) is 0 Å². The molecular formula is C10H6ClN5. The van der Waals surface area contributed by atoms with Crippen molar-refractivity contribution < 1.29 is 0 Å². The van der Waals surface area contributed by atoms with Crippen molar-refractivity contribution >= 4 is 17.2 Å². The summed E-state index contributed by atoms with van der Waals surface area (Å²) < 4.78 is 1.74. The van der Waals surface area contributed by atoms with Crippen molar-refractivity contribution in [2.45, 2.75) is 0 Å². The Balaban J connectivity index is 2.26. The van der Waals surface area contributed by atoms with E-state index in [2.05, 4.69) is 20.2 Å². The van der Waals surface area contributed by atoms with Crippen LogP contribution in [0.25, 0.3) is 17.2 Å². The van der Waals surface area contributed by atoms with Crippen LogP contribution in [0.3, 0.4) is 0 Å². The highest BCUT2D eigenvalue weighted by atomic mass is 35.5. The molecular weight excluding hydrogens is 226 g/mol. The summed E-state index contributed by atoms with van der Waals surface area (Å²) in [6.07, 6.45) is 3.29. The summed E-state index contributed by atoms with van der Waals surface area (Å²) in [5, 5.41) is 8.46. The summed E-state index contributed by atoms with van der Waals surface area (Å²) >= 11 is 5.77. The fourth-order valence-electron chi connectivity index (χ4n) is 1.44. The molecule has 0 spiro atoms. The molecule has 0 unspecified atom stereocenters. The van der Waals surface area contributed by atoms with E-state index in [1.807, 2.05) is 18.2 Å².